The monoisotopic (exact) mass is 330 g/mol. The highest BCUT2D eigenvalue weighted by Gasteiger charge is 1.86. The van der Waals surface area contributed by atoms with Crippen molar-refractivity contribution in [2.45, 2.75) is 0 Å². The maximum Gasteiger partial charge on any atom is 0.119 e. The largest absolute Gasteiger partial charge is 0.508 e. The van der Waals surface area contributed by atoms with Gasteiger partial charge < -0.3 is 30.6 Å². The molecule has 3 aromatic rings. The van der Waals surface area contributed by atoms with E-state index in [1.165, 1.54) is 60.7 Å². The van der Waals surface area contributed by atoms with E-state index in [1.807, 2.05) is 0 Å². The van der Waals surface area contributed by atoms with Crippen molar-refractivity contribution in [3.63, 3.8) is 0 Å². The van der Waals surface area contributed by atoms with Gasteiger partial charge >= 0.3 is 0 Å². The minimum atomic E-state index is 0.0880. The Bertz CT molecular complexity index is 642. The molecule has 0 saturated heterocycles. The van der Waals surface area contributed by atoms with E-state index in [0.29, 0.717) is 0 Å². The van der Waals surface area contributed by atoms with Crippen LogP contribution in [-0.2, 0) is 0 Å². The molecule has 3 aromatic carbocycles. The van der Waals surface area contributed by atoms with Gasteiger partial charge in [-0.15, -0.1) is 0 Å². The maximum atomic E-state index is 8.65. The third-order valence-corrected chi connectivity index (χ3v) is 2.51. The first-order valence-electron chi connectivity index (χ1n) is 6.81. The molecular formula is C18H18O6. The number of phenolic OH excluding ortho intramolecular Hbond substituents is 6. The van der Waals surface area contributed by atoms with E-state index in [2.05, 4.69) is 0 Å². The molecule has 3 rings (SSSR count). The van der Waals surface area contributed by atoms with Crippen molar-refractivity contribution < 1.29 is 30.6 Å². The van der Waals surface area contributed by atoms with Gasteiger partial charge in [-0.25, -0.2) is 0 Å². The average molecular weight is 330 g/mol. The standard InChI is InChI=1S/3C6H6O2/c7-5-1-2-6(8)4-3-5;2*7-5-2-1-3-6(8)4-5/h3*1-4,7-8H. The highest BCUT2D eigenvalue weighted by molar-refractivity contribution is 5.31. The van der Waals surface area contributed by atoms with Crippen molar-refractivity contribution in [3.05, 3.63) is 72.8 Å². The molecule has 6 nitrogen and oxygen atoms in total. The molecule has 0 atom stereocenters. The van der Waals surface area contributed by atoms with E-state index >= 15 is 0 Å². The Morgan fingerprint density at radius 2 is 0.583 bits per heavy atom. The van der Waals surface area contributed by atoms with Crippen LogP contribution < -0.4 is 0 Å². The van der Waals surface area contributed by atoms with Crippen LogP contribution in [-0.4, -0.2) is 30.6 Å². The SMILES string of the molecule is Oc1ccc(O)cc1.Oc1cccc(O)c1.Oc1cccc(O)c1. The average Bonchev–Trinajstić information content (AvgIpc) is 2.51. The predicted molar refractivity (Wildman–Crippen MR) is 89.3 cm³/mol. The Balaban J connectivity index is 0.000000180. The molecule has 0 spiro atoms. The second-order valence-corrected chi connectivity index (χ2v) is 4.56. The zero-order chi connectivity index (χ0) is 17.9. The molecule has 0 fully saturated rings. The smallest absolute Gasteiger partial charge is 0.119 e. The number of benzene rings is 3. The third kappa shape index (κ3) is 8.04. The number of aromatic hydroxyl groups is 6. The van der Waals surface area contributed by atoms with Gasteiger partial charge in [0.15, 0.2) is 0 Å². The molecule has 0 unspecified atom stereocenters. The molecule has 0 aliphatic carbocycles. The molecule has 0 aromatic heterocycles. The Morgan fingerprint density at radius 1 is 0.333 bits per heavy atom. The molecular weight excluding hydrogens is 312 g/mol. The molecule has 0 radical (unpaired) electrons. The van der Waals surface area contributed by atoms with Crippen LogP contribution in [0.15, 0.2) is 72.8 Å². The van der Waals surface area contributed by atoms with Gasteiger partial charge in [0.25, 0.3) is 0 Å². The van der Waals surface area contributed by atoms with E-state index in [0.717, 1.165) is 0 Å². The van der Waals surface area contributed by atoms with Crippen molar-refractivity contribution in [2.24, 2.45) is 0 Å². The summed E-state index contributed by atoms with van der Waals surface area (Å²) >= 11 is 0. The zero-order valence-corrected chi connectivity index (χ0v) is 12.6. The molecule has 0 heterocycles. The van der Waals surface area contributed by atoms with Gasteiger partial charge in [-0.05, 0) is 48.5 Å². The second-order valence-electron chi connectivity index (χ2n) is 4.56. The van der Waals surface area contributed by atoms with E-state index in [9.17, 15) is 0 Å². The normalized spacial score (nSPS) is 9.00. The molecule has 24 heavy (non-hydrogen) atoms. The lowest BCUT2D eigenvalue weighted by atomic mass is 10.3. The maximum absolute atomic E-state index is 8.65. The van der Waals surface area contributed by atoms with Gasteiger partial charge in [-0.2, -0.15) is 0 Å². The summed E-state index contributed by atoms with van der Waals surface area (Å²) in [5.41, 5.74) is 0. The fourth-order valence-electron chi connectivity index (χ4n) is 1.44. The van der Waals surface area contributed by atoms with Gasteiger partial charge in [0, 0.05) is 12.1 Å². The van der Waals surface area contributed by atoms with Crippen molar-refractivity contribution in [2.75, 3.05) is 0 Å². The number of rotatable bonds is 0. The number of hydrogen-bond acceptors (Lipinski definition) is 6. The summed E-state index contributed by atoms with van der Waals surface area (Å²) in [7, 11) is 0. The van der Waals surface area contributed by atoms with Crippen LogP contribution in [0.1, 0.15) is 0 Å². The van der Waals surface area contributed by atoms with E-state index in [4.69, 9.17) is 30.6 Å². The number of phenols is 6. The van der Waals surface area contributed by atoms with Crippen LogP contribution in [0.4, 0.5) is 0 Å². The van der Waals surface area contributed by atoms with E-state index in [1.54, 1.807) is 12.1 Å². The lowest BCUT2D eigenvalue weighted by molar-refractivity contribution is 0.449. The fraction of sp³-hybridized carbons (Fsp3) is 0. The Labute approximate surface area is 138 Å². The minimum Gasteiger partial charge on any atom is -0.508 e. The molecule has 6 heteroatoms. The summed E-state index contributed by atoms with van der Waals surface area (Å²) < 4.78 is 0. The lowest BCUT2D eigenvalue weighted by Gasteiger charge is -1.89. The summed E-state index contributed by atoms with van der Waals surface area (Å²) in [6, 6.07) is 17.4. The second kappa shape index (κ2) is 9.47. The van der Waals surface area contributed by atoms with Gasteiger partial charge in [0.1, 0.15) is 34.5 Å². The molecule has 0 aliphatic rings. The summed E-state index contributed by atoms with van der Waals surface area (Å²) in [5, 5.41) is 51.9. The van der Waals surface area contributed by atoms with Crippen LogP contribution in [0.2, 0.25) is 0 Å². The van der Waals surface area contributed by atoms with Crippen molar-refractivity contribution in [3.8, 4) is 34.5 Å². The van der Waals surface area contributed by atoms with E-state index in [-0.39, 0.29) is 34.5 Å². The summed E-state index contributed by atoms with van der Waals surface area (Å²) in [5.74, 6) is 0.690. The van der Waals surface area contributed by atoms with Gasteiger partial charge in [0.2, 0.25) is 0 Å². The van der Waals surface area contributed by atoms with Gasteiger partial charge in [-0.3, -0.25) is 0 Å². The quantitative estimate of drug-likeness (QED) is 0.352. The van der Waals surface area contributed by atoms with Crippen molar-refractivity contribution in [1.82, 2.24) is 0 Å². The summed E-state index contributed by atoms with van der Waals surface area (Å²) in [6.07, 6.45) is 0. The Hall–Kier alpha value is -3.54. The molecule has 0 bridgehead atoms. The van der Waals surface area contributed by atoms with Crippen LogP contribution in [0.25, 0.3) is 0 Å². The Morgan fingerprint density at radius 3 is 0.750 bits per heavy atom. The van der Waals surface area contributed by atoms with Crippen LogP contribution >= 0.6 is 0 Å². The highest BCUT2D eigenvalue weighted by Crippen LogP contribution is 2.15. The highest BCUT2D eigenvalue weighted by atomic mass is 16.3. The van der Waals surface area contributed by atoms with E-state index < -0.39 is 0 Å². The van der Waals surface area contributed by atoms with Crippen molar-refractivity contribution >= 4 is 0 Å². The van der Waals surface area contributed by atoms with Crippen LogP contribution in [0.5, 0.6) is 34.5 Å². The summed E-state index contributed by atoms with van der Waals surface area (Å²) in [6.45, 7) is 0. The molecule has 0 saturated carbocycles. The molecule has 0 aliphatic heterocycles. The third-order valence-electron chi connectivity index (χ3n) is 2.51. The topological polar surface area (TPSA) is 121 Å². The lowest BCUT2D eigenvalue weighted by Crippen LogP contribution is -1.61. The Kier molecular flexibility index (Phi) is 7.30. The van der Waals surface area contributed by atoms with Gasteiger partial charge in [0.05, 0.1) is 0 Å². The predicted octanol–water partition coefficient (Wildman–Crippen LogP) is 3.29. The van der Waals surface area contributed by atoms with Crippen LogP contribution in [0.3, 0.4) is 0 Å². The van der Waals surface area contributed by atoms with Crippen LogP contribution in [0, 0.1) is 0 Å². The molecule has 126 valence electrons. The van der Waals surface area contributed by atoms with Gasteiger partial charge in [-0.1, -0.05) is 12.1 Å². The first-order valence-corrected chi connectivity index (χ1v) is 6.81. The van der Waals surface area contributed by atoms with Crippen molar-refractivity contribution in [1.29, 1.82) is 0 Å². The fourth-order valence-corrected chi connectivity index (χ4v) is 1.44. The number of hydrogen-bond donors (Lipinski definition) is 6. The summed E-state index contributed by atoms with van der Waals surface area (Å²) in [4.78, 5) is 0. The first kappa shape index (κ1) is 18.5. The minimum absolute atomic E-state index is 0.0880. The zero-order valence-electron chi connectivity index (χ0n) is 12.6. The molecule has 6 N–H and O–H groups in total. The molecule has 0 amide bonds. The first-order chi connectivity index (χ1) is 11.4.